The van der Waals surface area contributed by atoms with Crippen molar-refractivity contribution in [3.63, 3.8) is 0 Å². The normalized spacial score (nSPS) is 30.3. The van der Waals surface area contributed by atoms with Crippen LogP contribution in [0.2, 0.25) is 5.02 Å². The molecule has 0 aliphatic heterocycles. The number of fused-ring (bicyclic) bond motifs is 2. The van der Waals surface area contributed by atoms with E-state index in [1.807, 2.05) is 0 Å². The molecule has 0 aromatic heterocycles. The zero-order chi connectivity index (χ0) is 13.4. The number of benzene rings is 1. The largest absolute Gasteiger partial charge is 0.349 e. The van der Waals surface area contributed by atoms with Crippen molar-refractivity contribution in [1.82, 2.24) is 5.32 Å². The lowest BCUT2D eigenvalue weighted by Gasteiger charge is -2.28. The summed E-state index contributed by atoms with van der Waals surface area (Å²) >= 11 is 5.84. The molecule has 3 rings (SSSR count). The topological polar surface area (TPSA) is 29.1 Å². The van der Waals surface area contributed by atoms with E-state index >= 15 is 0 Å². The standard InChI is InChI=1S/C16H20ClNO/c1-10(15-9-11-2-3-13(15)8-11)18-16(19)12-4-6-14(17)7-5-12/h4-7,10-11,13,15H,2-3,8-9H2,1H3,(H,18,19)/t10-,11-,13-,15-/m1/s1. The Morgan fingerprint density at radius 2 is 2.00 bits per heavy atom. The molecule has 0 saturated heterocycles. The number of hydrogen-bond acceptors (Lipinski definition) is 1. The van der Waals surface area contributed by atoms with E-state index < -0.39 is 0 Å². The van der Waals surface area contributed by atoms with Gasteiger partial charge in [0.05, 0.1) is 0 Å². The molecule has 19 heavy (non-hydrogen) atoms. The van der Waals surface area contributed by atoms with Gasteiger partial charge in [-0.15, -0.1) is 0 Å². The second-order valence-electron chi connectivity index (χ2n) is 6.11. The molecule has 1 aromatic carbocycles. The lowest BCUT2D eigenvalue weighted by Crippen LogP contribution is -2.40. The lowest BCUT2D eigenvalue weighted by molar-refractivity contribution is 0.0915. The number of carbonyl (C=O) groups excluding carboxylic acids is 1. The van der Waals surface area contributed by atoms with E-state index in [-0.39, 0.29) is 11.9 Å². The molecule has 2 saturated carbocycles. The Bertz CT molecular complexity index is 470. The van der Waals surface area contributed by atoms with Crippen LogP contribution in [0.3, 0.4) is 0 Å². The minimum absolute atomic E-state index is 0.0203. The van der Waals surface area contributed by atoms with Crippen molar-refractivity contribution in [2.24, 2.45) is 17.8 Å². The van der Waals surface area contributed by atoms with Crippen LogP contribution >= 0.6 is 11.6 Å². The molecule has 1 aromatic rings. The van der Waals surface area contributed by atoms with Gasteiger partial charge in [0, 0.05) is 16.6 Å². The molecule has 0 heterocycles. The van der Waals surface area contributed by atoms with E-state index in [1.54, 1.807) is 24.3 Å². The van der Waals surface area contributed by atoms with Crippen LogP contribution < -0.4 is 5.32 Å². The maximum absolute atomic E-state index is 12.2. The molecule has 2 aliphatic rings. The summed E-state index contributed by atoms with van der Waals surface area (Å²) in [5, 5.41) is 3.82. The highest BCUT2D eigenvalue weighted by Gasteiger charge is 2.42. The second kappa shape index (κ2) is 5.16. The van der Waals surface area contributed by atoms with Crippen LogP contribution in [-0.4, -0.2) is 11.9 Å². The molecule has 2 bridgehead atoms. The molecule has 2 nitrogen and oxygen atoms in total. The molecule has 4 atom stereocenters. The molecular weight excluding hydrogens is 258 g/mol. The lowest BCUT2D eigenvalue weighted by atomic mass is 9.84. The van der Waals surface area contributed by atoms with E-state index in [2.05, 4.69) is 12.2 Å². The number of rotatable bonds is 3. The molecule has 3 heteroatoms. The van der Waals surface area contributed by atoms with Crippen LogP contribution in [0.4, 0.5) is 0 Å². The minimum atomic E-state index is 0.0203. The summed E-state index contributed by atoms with van der Waals surface area (Å²) in [6, 6.07) is 7.37. The van der Waals surface area contributed by atoms with Crippen LogP contribution in [-0.2, 0) is 0 Å². The molecule has 0 unspecified atom stereocenters. The molecule has 1 N–H and O–H groups in total. The van der Waals surface area contributed by atoms with Gasteiger partial charge in [-0.1, -0.05) is 18.0 Å². The molecule has 2 aliphatic carbocycles. The van der Waals surface area contributed by atoms with Crippen molar-refractivity contribution in [1.29, 1.82) is 0 Å². The van der Waals surface area contributed by atoms with Gasteiger partial charge in [0.2, 0.25) is 0 Å². The highest BCUT2D eigenvalue weighted by atomic mass is 35.5. The molecule has 0 spiro atoms. The van der Waals surface area contributed by atoms with Crippen molar-refractivity contribution < 1.29 is 4.79 Å². The van der Waals surface area contributed by atoms with Crippen molar-refractivity contribution >= 4 is 17.5 Å². The third-order valence-corrected chi connectivity index (χ3v) is 5.15. The average Bonchev–Trinajstić information content (AvgIpc) is 3.01. The number of amides is 1. The SMILES string of the molecule is C[C@@H](NC(=O)c1ccc(Cl)cc1)[C@H]1C[C@@H]2CC[C@@H]1C2. The first-order chi connectivity index (χ1) is 9.13. The quantitative estimate of drug-likeness (QED) is 0.892. The first-order valence-corrected chi connectivity index (χ1v) is 7.57. The summed E-state index contributed by atoms with van der Waals surface area (Å²) in [5.41, 5.74) is 0.694. The zero-order valence-corrected chi connectivity index (χ0v) is 12.0. The molecule has 1 amide bonds. The van der Waals surface area contributed by atoms with Gasteiger partial charge in [-0.25, -0.2) is 0 Å². The number of nitrogens with one attached hydrogen (secondary N) is 1. The summed E-state index contributed by atoms with van der Waals surface area (Å²) < 4.78 is 0. The molecule has 0 radical (unpaired) electrons. The Kier molecular flexibility index (Phi) is 3.53. The number of halogens is 1. The van der Waals surface area contributed by atoms with Gasteiger partial charge < -0.3 is 5.32 Å². The van der Waals surface area contributed by atoms with Gasteiger partial charge >= 0.3 is 0 Å². The van der Waals surface area contributed by atoms with Gasteiger partial charge in [0.15, 0.2) is 0 Å². The Balaban J connectivity index is 1.61. The predicted octanol–water partition coefficient (Wildman–Crippen LogP) is 3.89. The third-order valence-electron chi connectivity index (χ3n) is 4.90. The monoisotopic (exact) mass is 277 g/mol. The summed E-state index contributed by atoms with van der Waals surface area (Å²) in [6.45, 7) is 2.15. The van der Waals surface area contributed by atoms with Crippen LogP contribution in [0.5, 0.6) is 0 Å². The zero-order valence-electron chi connectivity index (χ0n) is 11.2. The summed E-state index contributed by atoms with van der Waals surface area (Å²) in [7, 11) is 0. The molecule has 2 fully saturated rings. The van der Waals surface area contributed by atoms with Crippen molar-refractivity contribution in [3.05, 3.63) is 34.9 Å². The third kappa shape index (κ3) is 2.64. The summed E-state index contributed by atoms with van der Waals surface area (Å²) in [5.74, 6) is 2.46. The maximum atomic E-state index is 12.2. The fourth-order valence-electron chi connectivity index (χ4n) is 3.90. The fraction of sp³-hybridized carbons (Fsp3) is 0.562. The van der Waals surface area contributed by atoms with Crippen molar-refractivity contribution in [3.8, 4) is 0 Å². The smallest absolute Gasteiger partial charge is 0.251 e. The van der Waals surface area contributed by atoms with Gasteiger partial charge in [-0.2, -0.15) is 0 Å². The first kappa shape index (κ1) is 13.0. The Labute approximate surface area is 119 Å². The average molecular weight is 278 g/mol. The van der Waals surface area contributed by atoms with Gasteiger partial charge in [0.25, 0.3) is 5.91 Å². The first-order valence-electron chi connectivity index (χ1n) is 7.20. The van der Waals surface area contributed by atoms with Crippen LogP contribution in [0.15, 0.2) is 24.3 Å². The van der Waals surface area contributed by atoms with Crippen molar-refractivity contribution in [2.45, 2.75) is 38.6 Å². The van der Waals surface area contributed by atoms with E-state index in [1.165, 1.54) is 25.7 Å². The number of carbonyl (C=O) groups is 1. The molecule has 102 valence electrons. The Morgan fingerprint density at radius 1 is 1.26 bits per heavy atom. The van der Waals surface area contributed by atoms with E-state index in [0.717, 1.165) is 11.8 Å². The Morgan fingerprint density at radius 3 is 2.58 bits per heavy atom. The maximum Gasteiger partial charge on any atom is 0.251 e. The highest BCUT2D eigenvalue weighted by Crippen LogP contribution is 2.49. The predicted molar refractivity (Wildman–Crippen MR) is 77.3 cm³/mol. The Hall–Kier alpha value is -1.02. The molecular formula is C16H20ClNO. The van der Waals surface area contributed by atoms with Crippen LogP contribution in [0.1, 0.15) is 43.0 Å². The fourth-order valence-corrected chi connectivity index (χ4v) is 4.03. The van der Waals surface area contributed by atoms with Crippen LogP contribution in [0, 0.1) is 17.8 Å². The minimum Gasteiger partial charge on any atom is -0.349 e. The van der Waals surface area contributed by atoms with E-state index in [4.69, 9.17) is 11.6 Å². The van der Waals surface area contributed by atoms with Crippen molar-refractivity contribution in [2.75, 3.05) is 0 Å². The summed E-state index contributed by atoms with van der Waals surface area (Å²) in [4.78, 5) is 12.2. The number of hydrogen-bond donors (Lipinski definition) is 1. The van der Waals surface area contributed by atoms with E-state index in [0.29, 0.717) is 16.5 Å². The van der Waals surface area contributed by atoms with Gasteiger partial charge in [-0.3, -0.25) is 4.79 Å². The highest BCUT2D eigenvalue weighted by molar-refractivity contribution is 6.30. The van der Waals surface area contributed by atoms with Gasteiger partial charge in [-0.05, 0) is 68.2 Å². The second-order valence-corrected chi connectivity index (χ2v) is 6.54. The van der Waals surface area contributed by atoms with E-state index in [9.17, 15) is 4.79 Å². The van der Waals surface area contributed by atoms with Gasteiger partial charge in [0.1, 0.15) is 0 Å². The summed E-state index contributed by atoms with van der Waals surface area (Å²) in [6.07, 6.45) is 5.44. The van der Waals surface area contributed by atoms with Crippen LogP contribution in [0.25, 0.3) is 0 Å².